The Hall–Kier alpha value is -2.41. The summed E-state index contributed by atoms with van der Waals surface area (Å²) in [6, 6.07) is 1.85. The van der Waals surface area contributed by atoms with Crippen molar-refractivity contribution < 1.29 is 14.3 Å². The number of hydrogen-bond acceptors (Lipinski definition) is 4. The molecule has 4 rings (SSSR count). The number of nitrogens with zero attached hydrogens (tertiary/aromatic N) is 2. The highest BCUT2D eigenvalue weighted by molar-refractivity contribution is 5.89. The number of carboxylic acids is 1. The SMILES string of the molecule is CN[C@@H](C)[C@@H]1CCN(c2c(F)cn3c(=O)c(C(=O)O)cc(C4CC4)c3c2C)C1. The van der Waals surface area contributed by atoms with Crippen molar-refractivity contribution in [2.45, 2.75) is 45.1 Å². The van der Waals surface area contributed by atoms with E-state index in [2.05, 4.69) is 17.1 Å². The normalized spacial score (nSPS) is 20.7. The first kappa shape index (κ1) is 18.9. The fraction of sp³-hybridized carbons (Fsp3) is 0.524. The monoisotopic (exact) mass is 387 g/mol. The molecule has 1 saturated heterocycles. The number of carboxylic acid groups (broad SMARTS) is 1. The second kappa shape index (κ2) is 6.88. The van der Waals surface area contributed by atoms with Crippen molar-refractivity contribution >= 4 is 17.2 Å². The van der Waals surface area contributed by atoms with Gasteiger partial charge in [-0.15, -0.1) is 0 Å². The summed E-state index contributed by atoms with van der Waals surface area (Å²) in [5, 5.41) is 12.7. The van der Waals surface area contributed by atoms with Gasteiger partial charge in [0.25, 0.3) is 5.56 Å². The highest BCUT2D eigenvalue weighted by atomic mass is 19.1. The average molecular weight is 387 g/mol. The van der Waals surface area contributed by atoms with E-state index < -0.39 is 17.3 Å². The van der Waals surface area contributed by atoms with Gasteiger partial charge < -0.3 is 15.3 Å². The lowest BCUT2D eigenvalue weighted by atomic mass is 10.0. The van der Waals surface area contributed by atoms with Gasteiger partial charge in [0.15, 0.2) is 5.82 Å². The molecule has 150 valence electrons. The quantitative estimate of drug-likeness (QED) is 0.825. The zero-order valence-electron chi connectivity index (χ0n) is 16.5. The molecule has 0 amide bonds. The molecule has 2 aromatic heterocycles. The van der Waals surface area contributed by atoms with Gasteiger partial charge in [0.1, 0.15) is 5.56 Å². The number of carbonyl (C=O) groups is 1. The third-order valence-electron chi connectivity index (χ3n) is 6.39. The molecule has 7 heteroatoms. The Bertz CT molecular complexity index is 1010. The molecular weight excluding hydrogens is 361 g/mol. The second-order valence-corrected chi connectivity index (χ2v) is 8.14. The molecule has 2 aliphatic rings. The standard InChI is InChI=1S/C21H26FN3O3/c1-11-18-15(13-4-5-13)8-16(21(27)28)20(26)25(18)10-17(22)19(11)24-7-6-14(9-24)12(2)23-3/h8,10,12-14,23H,4-7,9H2,1-3H3,(H,27,28)/t12-,14+/m0/s1. The smallest absolute Gasteiger partial charge is 0.341 e. The Morgan fingerprint density at radius 1 is 1.36 bits per heavy atom. The number of hydrogen-bond donors (Lipinski definition) is 2. The Morgan fingerprint density at radius 2 is 2.07 bits per heavy atom. The number of aromatic carboxylic acids is 1. The van der Waals surface area contributed by atoms with Crippen LogP contribution in [-0.4, -0.2) is 41.7 Å². The first-order valence-corrected chi connectivity index (χ1v) is 9.87. The van der Waals surface area contributed by atoms with E-state index in [0.29, 0.717) is 28.7 Å². The summed E-state index contributed by atoms with van der Waals surface area (Å²) in [6.07, 6.45) is 4.08. The largest absolute Gasteiger partial charge is 0.477 e. The Kier molecular flexibility index (Phi) is 4.65. The molecule has 0 unspecified atom stereocenters. The van der Waals surface area contributed by atoms with Crippen molar-refractivity contribution in [2.75, 3.05) is 25.0 Å². The maximum Gasteiger partial charge on any atom is 0.341 e. The van der Waals surface area contributed by atoms with Gasteiger partial charge in [-0.2, -0.15) is 0 Å². The zero-order chi connectivity index (χ0) is 20.2. The summed E-state index contributed by atoms with van der Waals surface area (Å²) >= 11 is 0. The van der Waals surface area contributed by atoms with Gasteiger partial charge in [0, 0.05) is 19.1 Å². The minimum absolute atomic E-state index is 0.237. The molecule has 0 bridgehead atoms. The van der Waals surface area contributed by atoms with E-state index in [0.717, 1.165) is 37.9 Å². The fourth-order valence-electron chi connectivity index (χ4n) is 4.52. The van der Waals surface area contributed by atoms with Gasteiger partial charge in [-0.25, -0.2) is 9.18 Å². The lowest BCUT2D eigenvalue weighted by molar-refractivity contribution is 0.0694. The molecule has 3 heterocycles. The maximum absolute atomic E-state index is 15.1. The number of anilines is 1. The summed E-state index contributed by atoms with van der Waals surface area (Å²) in [5.74, 6) is -1.08. The number of pyridine rings is 2. The van der Waals surface area contributed by atoms with Gasteiger partial charge in [-0.3, -0.25) is 9.20 Å². The highest BCUT2D eigenvalue weighted by Gasteiger charge is 2.33. The van der Waals surface area contributed by atoms with E-state index in [1.165, 1.54) is 16.7 Å². The number of rotatable bonds is 5. The number of fused-ring (bicyclic) bond motifs is 1. The van der Waals surface area contributed by atoms with Crippen LogP contribution in [0.1, 0.15) is 53.6 Å². The molecule has 28 heavy (non-hydrogen) atoms. The number of aryl methyl sites for hydroxylation is 1. The maximum atomic E-state index is 15.1. The van der Waals surface area contributed by atoms with Gasteiger partial charge in [-0.1, -0.05) is 0 Å². The van der Waals surface area contributed by atoms with E-state index in [4.69, 9.17) is 0 Å². The molecule has 2 aromatic rings. The first-order chi connectivity index (χ1) is 13.3. The van der Waals surface area contributed by atoms with E-state index in [9.17, 15) is 14.7 Å². The number of aromatic nitrogens is 1. The van der Waals surface area contributed by atoms with E-state index in [1.807, 2.05) is 14.0 Å². The van der Waals surface area contributed by atoms with Gasteiger partial charge >= 0.3 is 5.97 Å². The van der Waals surface area contributed by atoms with E-state index in [1.54, 1.807) is 0 Å². The molecule has 0 aromatic carbocycles. The van der Waals surface area contributed by atoms with Crippen LogP contribution < -0.4 is 15.8 Å². The molecule has 6 nitrogen and oxygen atoms in total. The van der Waals surface area contributed by atoms with Crippen LogP contribution in [0.3, 0.4) is 0 Å². The summed E-state index contributed by atoms with van der Waals surface area (Å²) in [5.41, 5.74) is 1.79. The van der Waals surface area contributed by atoms with Crippen molar-refractivity contribution in [2.24, 2.45) is 5.92 Å². The summed E-state index contributed by atoms with van der Waals surface area (Å²) in [4.78, 5) is 26.3. The van der Waals surface area contributed by atoms with Crippen molar-refractivity contribution in [3.8, 4) is 0 Å². The predicted octanol–water partition coefficient (Wildman–Crippen LogP) is 2.76. The molecular formula is C21H26FN3O3. The molecule has 2 N–H and O–H groups in total. The van der Waals surface area contributed by atoms with Crippen molar-refractivity contribution in [1.82, 2.24) is 9.72 Å². The predicted molar refractivity (Wildman–Crippen MR) is 106 cm³/mol. The summed E-state index contributed by atoms with van der Waals surface area (Å²) < 4.78 is 16.3. The van der Waals surface area contributed by atoms with Crippen LogP contribution in [0.15, 0.2) is 17.1 Å². The third kappa shape index (κ3) is 2.98. The van der Waals surface area contributed by atoms with Crippen LogP contribution in [0.2, 0.25) is 0 Å². The van der Waals surface area contributed by atoms with Gasteiger partial charge in [-0.05, 0) is 69.2 Å². The average Bonchev–Trinajstić information content (AvgIpc) is 3.39. The van der Waals surface area contributed by atoms with Crippen LogP contribution in [0.4, 0.5) is 10.1 Å². The fourth-order valence-corrected chi connectivity index (χ4v) is 4.52. The second-order valence-electron chi connectivity index (χ2n) is 8.14. The molecule has 0 radical (unpaired) electrons. The number of halogens is 1. The molecule has 0 spiro atoms. The number of nitrogens with one attached hydrogen (secondary N) is 1. The van der Waals surface area contributed by atoms with E-state index >= 15 is 4.39 Å². The topological polar surface area (TPSA) is 74.0 Å². The molecule has 1 aliphatic heterocycles. The van der Waals surface area contributed by atoms with E-state index in [-0.39, 0.29) is 11.5 Å². The van der Waals surface area contributed by atoms with Crippen LogP contribution in [0.5, 0.6) is 0 Å². The molecule has 1 saturated carbocycles. The first-order valence-electron chi connectivity index (χ1n) is 9.87. The van der Waals surface area contributed by atoms with Gasteiger partial charge in [0.05, 0.1) is 17.4 Å². The summed E-state index contributed by atoms with van der Waals surface area (Å²) in [7, 11) is 1.93. The van der Waals surface area contributed by atoms with Crippen molar-refractivity contribution in [3.05, 3.63) is 45.1 Å². The van der Waals surface area contributed by atoms with Crippen LogP contribution in [0.25, 0.3) is 5.52 Å². The highest BCUT2D eigenvalue weighted by Crippen LogP contribution is 2.44. The lowest BCUT2D eigenvalue weighted by Gasteiger charge is -2.25. The molecule has 2 atom stereocenters. The lowest BCUT2D eigenvalue weighted by Crippen LogP contribution is -2.33. The van der Waals surface area contributed by atoms with Crippen LogP contribution in [-0.2, 0) is 0 Å². The molecule has 2 fully saturated rings. The Morgan fingerprint density at radius 3 is 2.68 bits per heavy atom. The third-order valence-corrected chi connectivity index (χ3v) is 6.39. The summed E-state index contributed by atoms with van der Waals surface area (Å²) in [6.45, 7) is 5.50. The molecule has 1 aliphatic carbocycles. The van der Waals surface area contributed by atoms with Crippen molar-refractivity contribution in [1.29, 1.82) is 0 Å². The van der Waals surface area contributed by atoms with Crippen molar-refractivity contribution in [3.63, 3.8) is 0 Å². The minimum Gasteiger partial charge on any atom is -0.477 e. The Balaban J connectivity index is 1.89. The van der Waals surface area contributed by atoms with Gasteiger partial charge in [0.2, 0.25) is 0 Å². The minimum atomic E-state index is -1.27. The zero-order valence-corrected chi connectivity index (χ0v) is 16.5. The van der Waals surface area contributed by atoms with Crippen LogP contribution in [0, 0.1) is 18.7 Å². The van der Waals surface area contributed by atoms with Crippen LogP contribution >= 0.6 is 0 Å². The Labute approximate surface area is 163 Å².